The molecule has 0 saturated heterocycles. The number of aryl methyl sites for hydroxylation is 1. The molecule has 0 fully saturated rings. The maximum absolute atomic E-state index is 14.0. The van der Waals surface area contributed by atoms with Crippen molar-refractivity contribution in [3.05, 3.63) is 111 Å². The summed E-state index contributed by atoms with van der Waals surface area (Å²) in [4.78, 5) is 40.9. The molecule has 0 N–H and O–H groups in total. The number of hydrogen-bond acceptors (Lipinski definition) is 3. The SMILES string of the molecule is Cc1ccc(C2=CC(=O)C[C@@H](c3ccc(Br)cc3)C23C(=O)c2ccccc2C3=O)cc1. The summed E-state index contributed by atoms with van der Waals surface area (Å²) < 4.78 is 0.897. The van der Waals surface area contributed by atoms with E-state index in [2.05, 4.69) is 15.9 Å². The van der Waals surface area contributed by atoms with Crippen molar-refractivity contribution in [2.24, 2.45) is 5.41 Å². The van der Waals surface area contributed by atoms with E-state index in [0.717, 1.165) is 21.2 Å². The molecule has 3 aromatic carbocycles. The standard InChI is InChI=1S/C27H19BrO3/c1-16-6-8-17(9-7-16)23-14-20(29)15-24(18-10-12-19(28)13-11-18)27(23)25(30)21-4-2-3-5-22(21)26(27)31/h2-14,24H,15H2,1H3/t24-/m0/s1. The van der Waals surface area contributed by atoms with Gasteiger partial charge in [0.1, 0.15) is 5.41 Å². The third kappa shape index (κ3) is 2.89. The number of Topliss-reactive ketones (excluding diaryl/α,β-unsaturated/α-hetero) is 2. The van der Waals surface area contributed by atoms with Crippen LogP contribution in [0.3, 0.4) is 0 Å². The predicted octanol–water partition coefficient (Wildman–Crippen LogP) is 5.96. The van der Waals surface area contributed by atoms with Gasteiger partial charge in [0, 0.05) is 27.9 Å². The van der Waals surface area contributed by atoms with Gasteiger partial charge in [0.25, 0.3) is 0 Å². The van der Waals surface area contributed by atoms with Crippen LogP contribution in [0.2, 0.25) is 0 Å². The molecule has 2 aliphatic carbocycles. The Morgan fingerprint density at radius 3 is 1.97 bits per heavy atom. The highest BCUT2D eigenvalue weighted by Gasteiger charge is 2.61. The van der Waals surface area contributed by atoms with E-state index in [4.69, 9.17) is 0 Å². The van der Waals surface area contributed by atoms with Gasteiger partial charge in [-0.1, -0.05) is 82.2 Å². The van der Waals surface area contributed by atoms with Gasteiger partial charge in [-0.2, -0.15) is 0 Å². The van der Waals surface area contributed by atoms with Crippen molar-refractivity contribution in [1.29, 1.82) is 0 Å². The molecule has 0 radical (unpaired) electrons. The second kappa shape index (κ2) is 7.24. The van der Waals surface area contributed by atoms with Gasteiger partial charge in [-0.15, -0.1) is 0 Å². The van der Waals surface area contributed by atoms with Gasteiger partial charge in [0.2, 0.25) is 0 Å². The van der Waals surface area contributed by atoms with Crippen molar-refractivity contribution in [3.8, 4) is 0 Å². The smallest absolute Gasteiger partial charge is 0.182 e. The Labute approximate surface area is 188 Å². The van der Waals surface area contributed by atoms with Gasteiger partial charge < -0.3 is 0 Å². The number of fused-ring (bicyclic) bond motifs is 1. The number of rotatable bonds is 2. The minimum Gasteiger partial charge on any atom is -0.295 e. The molecule has 0 bridgehead atoms. The van der Waals surface area contributed by atoms with Gasteiger partial charge in [-0.3, -0.25) is 14.4 Å². The molecule has 2 aliphatic rings. The topological polar surface area (TPSA) is 51.2 Å². The van der Waals surface area contributed by atoms with Gasteiger partial charge in [-0.25, -0.2) is 0 Å². The van der Waals surface area contributed by atoms with Crippen LogP contribution in [0, 0.1) is 12.3 Å². The number of carbonyl (C=O) groups excluding carboxylic acids is 3. The predicted molar refractivity (Wildman–Crippen MR) is 123 cm³/mol. The highest BCUT2D eigenvalue weighted by atomic mass is 79.9. The van der Waals surface area contributed by atoms with E-state index in [0.29, 0.717) is 16.7 Å². The summed E-state index contributed by atoms with van der Waals surface area (Å²) in [6.45, 7) is 1.98. The minimum atomic E-state index is -1.44. The van der Waals surface area contributed by atoms with Crippen molar-refractivity contribution >= 4 is 38.9 Å². The molecule has 0 unspecified atom stereocenters. The Hall–Kier alpha value is -3.11. The van der Waals surface area contributed by atoms with Crippen LogP contribution in [0.15, 0.2) is 83.3 Å². The van der Waals surface area contributed by atoms with Gasteiger partial charge in [-0.05, 0) is 41.8 Å². The molecule has 5 rings (SSSR count). The zero-order valence-electron chi connectivity index (χ0n) is 16.9. The van der Waals surface area contributed by atoms with Crippen molar-refractivity contribution < 1.29 is 14.4 Å². The quantitative estimate of drug-likeness (QED) is 0.434. The van der Waals surface area contributed by atoms with Gasteiger partial charge >= 0.3 is 0 Å². The van der Waals surface area contributed by atoms with Crippen molar-refractivity contribution in [2.75, 3.05) is 0 Å². The molecule has 0 aliphatic heterocycles. The van der Waals surface area contributed by atoms with Crippen LogP contribution >= 0.6 is 15.9 Å². The fraction of sp³-hybridized carbons (Fsp3) is 0.148. The van der Waals surface area contributed by atoms with E-state index in [-0.39, 0.29) is 23.8 Å². The van der Waals surface area contributed by atoms with Crippen LogP contribution in [-0.4, -0.2) is 17.3 Å². The Morgan fingerprint density at radius 1 is 0.806 bits per heavy atom. The van der Waals surface area contributed by atoms with Crippen LogP contribution in [0.1, 0.15) is 49.7 Å². The summed E-state index contributed by atoms with van der Waals surface area (Å²) in [6.07, 6.45) is 1.63. The zero-order chi connectivity index (χ0) is 21.8. The third-order valence-corrected chi connectivity index (χ3v) is 6.95. The third-order valence-electron chi connectivity index (χ3n) is 6.43. The average Bonchev–Trinajstić information content (AvgIpc) is 2.99. The van der Waals surface area contributed by atoms with E-state index in [1.165, 1.54) is 6.08 Å². The lowest BCUT2D eigenvalue weighted by Gasteiger charge is -2.40. The Kier molecular flexibility index (Phi) is 4.63. The van der Waals surface area contributed by atoms with Crippen LogP contribution < -0.4 is 0 Å². The van der Waals surface area contributed by atoms with E-state index in [9.17, 15) is 14.4 Å². The first-order valence-corrected chi connectivity index (χ1v) is 11.0. The number of allylic oxidation sites excluding steroid dienone is 2. The Morgan fingerprint density at radius 2 is 1.39 bits per heavy atom. The number of benzene rings is 3. The first kappa shape index (κ1) is 19.8. The largest absolute Gasteiger partial charge is 0.295 e. The minimum absolute atomic E-state index is 0.0781. The summed E-state index contributed by atoms with van der Waals surface area (Å²) in [7, 11) is 0. The monoisotopic (exact) mass is 470 g/mol. The normalized spacial score (nSPS) is 19.5. The maximum Gasteiger partial charge on any atom is 0.182 e. The summed E-state index contributed by atoms with van der Waals surface area (Å²) >= 11 is 3.45. The Balaban J connectivity index is 1.81. The number of carbonyl (C=O) groups is 3. The average molecular weight is 471 g/mol. The first-order valence-electron chi connectivity index (χ1n) is 10.2. The molecular weight excluding hydrogens is 452 g/mol. The summed E-state index contributed by atoms with van der Waals surface area (Å²) in [6, 6.07) is 22.2. The molecule has 0 saturated carbocycles. The molecule has 0 amide bonds. The van der Waals surface area contributed by atoms with Crippen LogP contribution in [-0.2, 0) is 4.79 Å². The summed E-state index contributed by atoms with van der Waals surface area (Å²) in [5.41, 5.74) is 2.53. The van der Waals surface area contributed by atoms with Gasteiger partial charge in [0.15, 0.2) is 17.3 Å². The maximum atomic E-state index is 14.0. The highest BCUT2D eigenvalue weighted by Crippen LogP contribution is 2.58. The van der Waals surface area contributed by atoms with E-state index in [1.807, 2.05) is 55.5 Å². The summed E-state index contributed by atoms with van der Waals surface area (Å²) in [5, 5.41) is 0. The fourth-order valence-electron chi connectivity index (χ4n) is 4.95. The number of ketones is 3. The van der Waals surface area contributed by atoms with Crippen LogP contribution in [0.25, 0.3) is 5.57 Å². The summed E-state index contributed by atoms with van der Waals surface area (Å²) in [5.74, 6) is -1.09. The van der Waals surface area contributed by atoms with E-state index >= 15 is 0 Å². The van der Waals surface area contributed by atoms with Gasteiger partial charge in [0.05, 0.1) is 0 Å². The molecule has 1 spiro atoms. The van der Waals surface area contributed by atoms with Crippen molar-refractivity contribution in [2.45, 2.75) is 19.3 Å². The number of hydrogen-bond donors (Lipinski definition) is 0. The number of halogens is 1. The Bertz CT molecular complexity index is 1230. The lowest BCUT2D eigenvalue weighted by molar-refractivity contribution is -0.115. The highest BCUT2D eigenvalue weighted by molar-refractivity contribution is 9.10. The zero-order valence-corrected chi connectivity index (χ0v) is 18.5. The molecule has 152 valence electrons. The molecule has 1 atom stereocenters. The lowest BCUT2D eigenvalue weighted by Crippen LogP contribution is -2.44. The molecule has 0 aromatic heterocycles. The van der Waals surface area contributed by atoms with Crippen molar-refractivity contribution in [1.82, 2.24) is 0 Å². The molecular formula is C27H19BrO3. The lowest BCUT2D eigenvalue weighted by atomic mass is 9.58. The fourth-order valence-corrected chi connectivity index (χ4v) is 5.22. The molecule has 0 heterocycles. The van der Waals surface area contributed by atoms with Crippen LogP contribution in [0.5, 0.6) is 0 Å². The van der Waals surface area contributed by atoms with E-state index in [1.54, 1.807) is 24.3 Å². The van der Waals surface area contributed by atoms with E-state index < -0.39 is 11.3 Å². The second-order valence-electron chi connectivity index (χ2n) is 8.21. The molecule has 3 aromatic rings. The molecule has 31 heavy (non-hydrogen) atoms. The molecule has 3 nitrogen and oxygen atoms in total. The molecule has 4 heteroatoms. The van der Waals surface area contributed by atoms with Crippen molar-refractivity contribution in [3.63, 3.8) is 0 Å². The van der Waals surface area contributed by atoms with Crippen LogP contribution in [0.4, 0.5) is 0 Å². The second-order valence-corrected chi connectivity index (χ2v) is 9.13. The first-order chi connectivity index (χ1) is 14.9.